The Morgan fingerprint density at radius 1 is 1.33 bits per heavy atom. The van der Waals surface area contributed by atoms with Crippen molar-refractivity contribution in [3.05, 3.63) is 30.0 Å². The average molecular weight is 244 g/mol. The van der Waals surface area contributed by atoms with Crippen molar-refractivity contribution in [3.63, 3.8) is 0 Å². The predicted octanol–water partition coefficient (Wildman–Crippen LogP) is 2.19. The van der Waals surface area contributed by atoms with Gasteiger partial charge in [-0.05, 0) is 19.1 Å². The van der Waals surface area contributed by atoms with E-state index in [4.69, 9.17) is 4.42 Å². The maximum atomic E-state index is 11.8. The van der Waals surface area contributed by atoms with Gasteiger partial charge >= 0.3 is 6.03 Å². The molecule has 5 heteroatoms. The number of carbonyl (C=O) groups excluding carboxylic acids is 2. The minimum atomic E-state index is -0.393. The second kappa shape index (κ2) is 3.87. The SMILES string of the molecule is Cc1ccc2occ(N3CCC(=O)NC3=O)c2c1. The van der Waals surface area contributed by atoms with Crippen LogP contribution < -0.4 is 10.2 Å². The van der Waals surface area contributed by atoms with E-state index < -0.39 is 6.03 Å². The van der Waals surface area contributed by atoms with E-state index in [1.54, 1.807) is 6.26 Å². The smallest absolute Gasteiger partial charge is 0.328 e. The summed E-state index contributed by atoms with van der Waals surface area (Å²) >= 11 is 0. The lowest BCUT2D eigenvalue weighted by atomic mass is 10.1. The van der Waals surface area contributed by atoms with Crippen LogP contribution >= 0.6 is 0 Å². The molecule has 3 rings (SSSR count). The second-order valence-corrected chi connectivity index (χ2v) is 4.38. The summed E-state index contributed by atoms with van der Waals surface area (Å²) in [5.74, 6) is -0.236. The lowest BCUT2D eigenvalue weighted by Gasteiger charge is -2.25. The fraction of sp³-hybridized carbons (Fsp3) is 0.231. The van der Waals surface area contributed by atoms with E-state index in [2.05, 4.69) is 5.32 Å². The molecule has 1 N–H and O–H groups in total. The summed E-state index contributed by atoms with van der Waals surface area (Å²) in [6.45, 7) is 2.36. The Labute approximate surface area is 103 Å². The summed E-state index contributed by atoms with van der Waals surface area (Å²) in [6, 6.07) is 5.41. The van der Waals surface area contributed by atoms with E-state index in [1.165, 1.54) is 4.90 Å². The Hall–Kier alpha value is -2.30. The number of hydrogen-bond acceptors (Lipinski definition) is 3. The molecule has 2 heterocycles. The highest BCUT2D eigenvalue weighted by Gasteiger charge is 2.26. The van der Waals surface area contributed by atoms with Crippen LogP contribution in [0, 0.1) is 6.92 Å². The van der Waals surface area contributed by atoms with E-state index in [-0.39, 0.29) is 5.91 Å². The molecule has 1 aliphatic rings. The number of amides is 3. The minimum absolute atomic E-state index is 0.236. The molecule has 0 radical (unpaired) electrons. The molecule has 1 aromatic carbocycles. The largest absolute Gasteiger partial charge is 0.462 e. The summed E-state index contributed by atoms with van der Waals surface area (Å²) in [5, 5.41) is 3.19. The lowest BCUT2D eigenvalue weighted by Crippen LogP contribution is -2.49. The monoisotopic (exact) mass is 244 g/mol. The van der Waals surface area contributed by atoms with Gasteiger partial charge in [0, 0.05) is 18.4 Å². The first-order valence-electron chi connectivity index (χ1n) is 5.74. The summed E-state index contributed by atoms with van der Waals surface area (Å²) in [5.41, 5.74) is 2.54. The van der Waals surface area contributed by atoms with Gasteiger partial charge in [-0.3, -0.25) is 15.0 Å². The number of fused-ring (bicyclic) bond motifs is 1. The third-order valence-electron chi connectivity index (χ3n) is 3.05. The Morgan fingerprint density at radius 2 is 2.17 bits per heavy atom. The average Bonchev–Trinajstić information content (AvgIpc) is 2.72. The van der Waals surface area contributed by atoms with Crippen molar-refractivity contribution in [2.75, 3.05) is 11.4 Å². The zero-order valence-electron chi connectivity index (χ0n) is 9.90. The molecule has 18 heavy (non-hydrogen) atoms. The molecular weight excluding hydrogens is 232 g/mol. The molecule has 0 unspecified atom stereocenters. The fourth-order valence-electron chi connectivity index (χ4n) is 2.13. The third kappa shape index (κ3) is 1.64. The van der Waals surface area contributed by atoms with Gasteiger partial charge in [0.05, 0.1) is 5.69 Å². The quantitative estimate of drug-likeness (QED) is 0.836. The first kappa shape index (κ1) is 10.8. The van der Waals surface area contributed by atoms with Gasteiger partial charge in [-0.2, -0.15) is 0 Å². The van der Waals surface area contributed by atoms with Crippen molar-refractivity contribution in [1.29, 1.82) is 0 Å². The van der Waals surface area contributed by atoms with Crippen LogP contribution in [0.5, 0.6) is 0 Å². The summed E-state index contributed by atoms with van der Waals surface area (Å²) in [6.07, 6.45) is 1.86. The van der Waals surface area contributed by atoms with Crippen molar-refractivity contribution in [2.45, 2.75) is 13.3 Å². The van der Waals surface area contributed by atoms with Gasteiger partial charge in [-0.25, -0.2) is 4.79 Å². The lowest BCUT2D eigenvalue weighted by molar-refractivity contribution is -0.120. The molecule has 92 valence electrons. The standard InChI is InChI=1S/C13H12N2O3/c1-8-2-3-11-9(6-8)10(7-18-11)15-5-4-12(16)14-13(15)17/h2-3,6-7H,4-5H2,1H3,(H,14,16,17). The van der Waals surface area contributed by atoms with E-state index in [0.29, 0.717) is 18.7 Å². The number of rotatable bonds is 1. The van der Waals surface area contributed by atoms with Crippen LogP contribution in [-0.4, -0.2) is 18.5 Å². The van der Waals surface area contributed by atoms with Gasteiger partial charge in [0.25, 0.3) is 0 Å². The van der Waals surface area contributed by atoms with Crippen molar-refractivity contribution >= 4 is 28.6 Å². The van der Waals surface area contributed by atoms with Gasteiger partial charge in [0.15, 0.2) is 0 Å². The van der Waals surface area contributed by atoms with Gasteiger partial charge in [0.2, 0.25) is 5.91 Å². The van der Waals surface area contributed by atoms with E-state index in [0.717, 1.165) is 16.5 Å². The number of nitrogens with one attached hydrogen (secondary N) is 1. The van der Waals surface area contributed by atoms with Crippen LogP contribution in [0.25, 0.3) is 11.0 Å². The molecule has 1 aliphatic heterocycles. The molecule has 0 aliphatic carbocycles. The topological polar surface area (TPSA) is 62.6 Å². The van der Waals surface area contributed by atoms with Gasteiger partial charge < -0.3 is 4.42 Å². The molecule has 0 atom stereocenters. The summed E-state index contributed by atoms with van der Waals surface area (Å²) in [4.78, 5) is 24.4. The van der Waals surface area contributed by atoms with E-state index in [9.17, 15) is 9.59 Å². The van der Waals surface area contributed by atoms with Crippen LogP contribution in [0.15, 0.2) is 28.9 Å². The molecule has 5 nitrogen and oxygen atoms in total. The first-order chi connectivity index (χ1) is 8.65. The number of imide groups is 1. The van der Waals surface area contributed by atoms with Crippen molar-refractivity contribution in [2.24, 2.45) is 0 Å². The molecule has 0 bridgehead atoms. The highest BCUT2D eigenvalue weighted by atomic mass is 16.3. The molecule has 1 fully saturated rings. The van der Waals surface area contributed by atoms with E-state index >= 15 is 0 Å². The van der Waals surface area contributed by atoms with Crippen molar-refractivity contribution < 1.29 is 14.0 Å². The number of furan rings is 1. The molecule has 0 spiro atoms. The van der Waals surface area contributed by atoms with Crippen LogP contribution in [-0.2, 0) is 4.79 Å². The maximum absolute atomic E-state index is 11.8. The summed E-state index contributed by atoms with van der Waals surface area (Å²) in [7, 11) is 0. The second-order valence-electron chi connectivity index (χ2n) is 4.38. The number of carbonyl (C=O) groups is 2. The number of hydrogen-bond donors (Lipinski definition) is 1. The number of nitrogens with zero attached hydrogens (tertiary/aromatic N) is 1. The minimum Gasteiger partial charge on any atom is -0.462 e. The molecule has 1 aromatic heterocycles. The molecular formula is C13H12N2O3. The van der Waals surface area contributed by atoms with Crippen LogP contribution in [0.4, 0.5) is 10.5 Å². The molecule has 0 saturated carbocycles. The van der Waals surface area contributed by atoms with Gasteiger partial charge in [-0.15, -0.1) is 0 Å². The predicted molar refractivity (Wildman–Crippen MR) is 66.5 cm³/mol. The Kier molecular flexibility index (Phi) is 2.33. The normalized spacial score (nSPS) is 16.2. The van der Waals surface area contributed by atoms with Crippen LogP contribution in [0.2, 0.25) is 0 Å². The number of benzene rings is 1. The number of aryl methyl sites for hydroxylation is 1. The van der Waals surface area contributed by atoms with E-state index in [1.807, 2.05) is 25.1 Å². The number of urea groups is 1. The Morgan fingerprint density at radius 3 is 2.94 bits per heavy atom. The zero-order chi connectivity index (χ0) is 12.7. The fourth-order valence-corrected chi connectivity index (χ4v) is 2.13. The summed E-state index contributed by atoms with van der Waals surface area (Å²) < 4.78 is 5.43. The van der Waals surface area contributed by atoms with Gasteiger partial charge in [0.1, 0.15) is 11.8 Å². The van der Waals surface area contributed by atoms with Crippen molar-refractivity contribution in [1.82, 2.24) is 5.32 Å². The highest BCUT2D eigenvalue weighted by molar-refractivity contribution is 6.09. The third-order valence-corrected chi connectivity index (χ3v) is 3.05. The van der Waals surface area contributed by atoms with Gasteiger partial charge in [-0.1, -0.05) is 11.6 Å². The maximum Gasteiger partial charge on any atom is 0.328 e. The van der Waals surface area contributed by atoms with Crippen LogP contribution in [0.3, 0.4) is 0 Å². The number of anilines is 1. The van der Waals surface area contributed by atoms with Crippen LogP contribution in [0.1, 0.15) is 12.0 Å². The molecule has 3 amide bonds. The Balaban J connectivity index is 2.06. The zero-order valence-corrected chi connectivity index (χ0v) is 9.90. The molecule has 2 aromatic rings. The molecule has 1 saturated heterocycles. The first-order valence-corrected chi connectivity index (χ1v) is 5.74. The Bertz CT molecular complexity index is 645. The van der Waals surface area contributed by atoms with Crippen molar-refractivity contribution in [3.8, 4) is 0 Å². The highest BCUT2D eigenvalue weighted by Crippen LogP contribution is 2.30.